The summed E-state index contributed by atoms with van der Waals surface area (Å²) in [5.41, 5.74) is 7.44. The topological polar surface area (TPSA) is 47.1 Å². The summed E-state index contributed by atoms with van der Waals surface area (Å²) in [5, 5.41) is 4.49. The van der Waals surface area contributed by atoms with Crippen LogP contribution in [0, 0.1) is 0 Å². The van der Waals surface area contributed by atoms with Crippen LogP contribution in [-0.4, -0.2) is 41.4 Å². The van der Waals surface area contributed by atoms with Gasteiger partial charge < -0.3 is 10.6 Å². The monoisotopic (exact) mass is 314 g/mol. The first kappa shape index (κ1) is 14.0. The summed E-state index contributed by atoms with van der Waals surface area (Å²) in [6, 6.07) is 0.354. The number of rotatable bonds is 4. The molecule has 0 spiro atoms. The number of nitrogens with two attached hydrogens (primary N) is 1. The van der Waals surface area contributed by atoms with Gasteiger partial charge in [0.1, 0.15) is 0 Å². The molecule has 2 N–H and O–H groups in total. The van der Waals surface area contributed by atoms with Gasteiger partial charge >= 0.3 is 0 Å². The van der Waals surface area contributed by atoms with Crippen molar-refractivity contribution in [3.63, 3.8) is 0 Å². The predicted octanol–water partition coefficient (Wildman–Crippen LogP) is 2.19. The minimum Gasteiger partial charge on any atom is -0.328 e. The van der Waals surface area contributed by atoms with Crippen LogP contribution in [-0.2, 0) is 6.54 Å². The molecule has 0 saturated heterocycles. The second-order valence-electron chi connectivity index (χ2n) is 5.53. The molecule has 1 aliphatic rings. The Kier molecular flexibility index (Phi) is 4.81. The largest absolute Gasteiger partial charge is 0.328 e. The lowest BCUT2D eigenvalue weighted by atomic mass is 9.84. The summed E-state index contributed by atoms with van der Waals surface area (Å²) in [6.07, 6.45) is 6.65. The third-order valence-corrected chi connectivity index (χ3v) is 4.30. The van der Waals surface area contributed by atoms with Crippen molar-refractivity contribution in [1.29, 1.82) is 0 Å². The summed E-state index contributed by atoms with van der Waals surface area (Å²) in [6.45, 7) is 1.96. The molecular weight excluding hydrogens is 292 g/mol. The third-order valence-electron chi connectivity index (χ3n) is 3.69. The summed E-state index contributed by atoms with van der Waals surface area (Å²) in [4.78, 5) is 2.19. The van der Waals surface area contributed by atoms with Crippen molar-refractivity contribution in [3.8, 4) is 0 Å². The minimum absolute atomic E-state index is 0.354. The fourth-order valence-corrected chi connectivity index (χ4v) is 3.35. The molecule has 0 amide bonds. The lowest BCUT2D eigenvalue weighted by Gasteiger charge is -2.27. The number of hydrogen-bond donors (Lipinski definition) is 1. The molecule has 102 valence electrons. The van der Waals surface area contributed by atoms with E-state index in [9.17, 15) is 0 Å². The van der Waals surface area contributed by atoms with Gasteiger partial charge in [0.15, 0.2) is 0 Å². The lowest BCUT2D eigenvalue weighted by molar-refractivity contribution is 0.345. The molecule has 2 unspecified atom stereocenters. The van der Waals surface area contributed by atoms with Gasteiger partial charge in [-0.3, -0.25) is 4.68 Å². The van der Waals surface area contributed by atoms with Gasteiger partial charge in [-0.15, -0.1) is 0 Å². The molecule has 1 aromatic heterocycles. The smallest absolute Gasteiger partial charge is 0.0635 e. The Morgan fingerprint density at radius 2 is 2.28 bits per heavy atom. The van der Waals surface area contributed by atoms with E-state index < -0.39 is 0 Å². The summed E-state index contributed by atoms with van der Waals surface area (Å²) >= 11 is 3.64. The van der Waals surface area contributed by atoms with Crippen molar-refractivity contribution in [3.05, 3.63) is 16.4 Å². The summed E-state index contributed by atoms with van der Waals surface area (Å²) in [7, 11) is 4.18. The van der Waals surface area contributed by atoms with E-state index >= 15 is 0 Å². The Morgan fingerprint density at radius 1 is 1.50 bits per heavy atom. The number of aromatic nitrogens is 2. The van der Waals surface area contributed by atoms with E-state index in [1.807, 2.05) is 6.20 Å². The summed E-state index contributed by atoms with van der Waals surface area (Å²) in [5.74, 6) is 0.563. The highest BCUT2D eigenvalue weighted by Crippen LogP contribution is 2.35. The van der Waals surface area contributed by atoms with Gasteiger partial charge in [0, 0.05) is 18.5 Å². The normalized spacial score (nSPS) is 24.7. The fourth-order valence-electron chi connectivity index (χ4n) is 2.73. The first-order valence-corrected chi connectivity index (χ1v) is 7.48. The van der Waals surface area contributed by atoms with Crippen LogP contribution in [0.5, 0.6) is 0 Å². The van der Waals surface area contributed by atoms with Crippen LogP contribution >= 0.6 is 15.9 Å². The van der Waals surface area contributed by atoms with Gasteiger partial charge in [-0.1, -0.05) is 6.42 Å². The molecule has 0 radical (unpaired) electrons. The molecule has 1 heterocycles. The molecule has 4 nitrogen and oxygen atoms in total. The zero-order valence-electron chi connectivity index (χ0n) is 11.3. The van der Waals surface area contributed by atoms with Gasteiger partial charge in [0.05, 0.1) is 22.9 Å². The number of likely N-dealkylation sites (N-methyl/N-ethyl adjacent to an activating group) is 1. The maximum atomic E-state index is 6.10. The zero-order valence-corrected chi connectivity index (χ0v) is 12.9. The molecular formula is C13H23BrN4. The van der Waals surface area contributed by atoms with Crippen molar-refractivity contribution in [2.45, 2.75) is 44.2 Å². The molecule has 0 aliphatic heterocycles. The lowest BCUT2D eigenvalue weighted by Crippen LogP contribution is -2.29. The maximum absolute atomic E-state index is 6.10. The van der Waals surface area contributed by atoms with Gasteiger partial charge in [0.25, 0.3) is 0 Å². The van der Waals surface area contributed by atoms with Crippen LogP contribution in [0.2, 0.25) is 0 Å². The third kappa shape index (κ3) is 3.33. The van der Waals surface area contributed by atoms with E-state index in [0.29, 0.717) is 12.0 Å². The van der Waals surface area contributed by atoms with Crippen LogP contribution in [0.15, 0.2) is 10.7 Å². The first-order valence-electron chi connectivity index (χ1n) is 6.69. The molecule has 2 atom stereocenters. The number of hydrogen-bond acceptors (Lipinski definition) is 3. The zero-order chi connectivity index (χ0) is 13.1. The number of nitrogens with zero attached hydrogens (tertiary/aromatic N) is 3. The second-order valence-corrected chi connectivity index (χ2v) is 6.38. The van der Waals surface area contributed by atoms with E-state index in [1.165, 1.54) is 25.0 Å². The highest BCUT2D eigenvalue weighted by Gasteiger charge is 2.25. The Labute approximate surface area is 118 Å². The van der Waals surface area contributed by atoms with Crippen molar-refractivity contribution < 1.29 is 0 Å². The Balaban J connectivity index is 2.12. The highest BCUT2D eigenvalue weighted by atomic mass is 79.9. The van der Waals surface area contributed by atoms with E-state index in [1.54, 1.807) is 0 Å². The Hall–Kier alpha value is -0.390. The fraction of sp³-hybridized carbons (Fsp3) is 0.769. The highest BCUT2D eigenvalue weighted by molar-refractivity contribution is 9.10. The van der Waals surface area contributed by atoms with Gasteiger partial charge in [-0.2, -0.15) is 5.10 Å². The molecule has 1 aliphatic carbocycles. The second kappa shape index (κ2) is 6.17. The molecule has 5 heteroatoms. The van der Waals surface area contributed by atoms with E-state index in [4.69, 9.17) is 5.73 Å². The molecule has 0 aromatic carbocycles. The predicted molar refractivity (Wildman–Crippen MR) is 77.7 cm³/mol. The molecule has 0 bridgehead atoms. The maximum Gasteiger partial charge on any atom is 0.0635 e. The van der Waals surface area contributed by atoms with E-state index in [2.05, 4.69) is 44.7 Å². The van der Waals surface area contributed by atoms with Gasteiger partial charge in [-0.25, -0.2) is 0 Å². The average molecular weight is 315 g/mol. The number of halogens is 1. The van der Waals surface area contributed by atoms with Crippen LogP contribution in [0.4, 0.5) is 0 Å². The molecule has 1 fully saturated rings. The minimum atomic E-state index is 0.354. The van der Waals surface area contributed by atoms with E-state index in [0.717, 1.165) is 24.0 Å². The van der Waals surface area contributed by atoms with E-state index in [-0.39, 0.29) is 0 Å². The van der Waals surface area contributed by atoms with Crippen molar-refractivity contribution in [2.75, 3.05) is 20.6 Å². The molecule has 18 heavy (non-hydrogen) atoms. The molecule has 1 aromatic rings. The van der Waals surface area contributed by atoms with Crippen LogP contribution in [0.25, 0.3) is 0 Å². The first-order chi connectivity index (χ1) is 8.58. The van der Waals surface area contributed by atoms with Crippen molar-refractivity contribution in [2.24, 2.45) is 5.73 Å². The van der Waals surface area contributed by atoms with Crippen LogP contribution < -0.4 is 5.73 Å². The summed E-state index contributed by atoms with van der Waals surface area (Å²) < 4.78 is 3.28. The molecule has 2 rings (SSSR count). The van der Waals surface area contributed by atoms with Crippen molar-refractivity contribution in [1.82, 2.24) is 14.7 Å². The van der Waals surface area contributed by atoms with Gasteiger partial charge in [-0.05, 0) is 49.3 Å². The Morgan fingerprint density at radius 3 is 2.94 bits per heavy atom. The van der Waals surface area contributed by atoms with Gasteiger partial charge in [0.2, 0.25) is 0 Å². The average Bonchev–Trinajstić information content (AvgIpc) is 2.68. The van der Waals surface area contributed by atoms with Crippen LogP contribution in [0.1, 0.15) is 37.3 Å². The Bertz CT molecular complexity index is 388. The quantitative estimate of drug-likeness (QED) is 0.926. The SMILES string of the molecule is CN(C)CCn1ncc(Br)c1C1CCCC(N)C1. The standard InChI is InChI=1S/C13H23BrN4/c1-17(2)6-7-18-13(12(14)9-16-18)10-4-3-5-11(15)8-10/h9-11H,3-8,15H2,1-2H3. The van der Waals surface area contributed by atoms with Crippen LogP contribution in [0.3, 0.4) is 0 Å². The van der Waals surface area contributed by atoms with Crippen molar-refractivity contribution >= 4 is 15.9 Å². The molecule has 1 saturated carbocycles.